The Morgan fingerprint density at radius 1 is 1.04 bits per heavy atom. The van der Waals surface area contributed by atoms with E-state index in [1.807, 2.05) is 20.8 Å². The normalized spacial score (nSPS) is 23.3. The van der Waals surface area contributed by atoms with Crippen molar-refractivity contribution in [2.45, 2.75) is 77.0 Å². The van der Waals surface area contributed by atoms with Gasteiger partial charge in [0.05, 0.1) is 10.8 Å². The average molecular weight is 341 g/mol. The molecule has 2 aliphatic rings. The Bertz CT molecular complexity index is 642. The number of benzene rings is 1. The third-order valence-electron chi connectivity index (χ3n) is 4.82. The summed E-state index contributed by atoms with van der Waals surface area (Å²) < 4.78 is 5.21. The first-order valence-corrected chi connectivity index (χ1v) is 9.45. The van der Waals surface area contributed by atoms with E-state index in [4.69, 9.17) is 4.74 Å². The molecular weight excluding hydrogens is 312 g/mol. The molecule has 134 valence electrons. The number of nitrogens with zero attached hydrogens (tertiary/aromatic N) is 2. The molecule has 0 aromatic heterocycles. The summed E-state index contributed by atoms with van der Waals surface area (Å²) >= 11 is 0. The summed E-state index contributed by atoms with van der Waals surface area (Å²) in [4.78, 5) is 18.2. The zero-order valence-corrected chi connectivity index (χ0v) is 15.6. The molecule has 2 aliphatic carbocycles. The molecular formula is C21H29N2O2+. The minimum absolute atomic E-state index is 0.264. The van der Waals surface area contributed by atoms with E-state index in [1.54, 1.807) is 0 Å². The molecule has 0 saturated heterocycles. The maximum absolute atomic E-state index is 11.7. The standard InChI is InChI=1S/C21H29N2O2/c1-21(2,3)25-20(24)22-15-16-9-11-18(12-10-16)23(19-13-14-19)17-7-5-4-6-8-17/h4-8,16,18-19H,9-14H2,1-3H3/q+1. The molecule has 0 bridgehead atoms. The highest BCUT2D eigenvalue weighted by Crippen LogP contribution is 2.38. The fraction of sp³-hybridized carbons (Fsp3) is 0.619. The van der Waals surface area contributed by atoms with Crippen LogP contribution in [0.2, 0.25) is 0 Å². The fourth-order valence-electron chi connectivity index (χ4n) is 3.58. The van der Waals surface area contributed by atoms with Crippen molar-refractivity contribution >= 4 is 11.8 Å². The lowest BCUT2D eigenvalue weighted by Gasteiger charge is -2.37. The number of hydrogen-bond acceptors (Lipinski definition) is 3. The quantitative estimate of drug-likeness (QED) is 0.730. The van der Waals surface area contributed by atoms with E-state index in [9.17, 15) is 4.79 Å². The Hall–Kier alpha value is -2.02. The van der Waals surface area contributed by atoms with Crippen LogP contribution in [-0.4, -0.2) is 23.8 Å². The molecule has 0 atom stereocenters. The van der Waals surface area contributed by atoms with Crippen LogP contribution in [0.5, 0.6) is 0 Å². The third kappa shape index (κ3) is 5.22. The molecule has 0 radical (unpaired) electrons. The van der Waals surface area contributed by atoms with Gasteiger partial charge in [0.15, 0.2) is 0 Å². The predicted molar refractivity (Wildman–Crippen MR) is 101 cm³/mol. The second-order valence-electron chi connectivity index (χ2n) is 8.20. The van der Waals surface area contributed by atoms with Crippen molar-refractivity contribution in [2.75, 3.05) is 4.90 Å². The van der Waals surface area contributed by atoms with Crippen molar-refractivity contribution in [3.05, 3.63) is 35.2 Å². The van der Waals surface area contributed by atoms with Crippen LogP contribution in [0.3, 0.4) is 0 Å². The van der Waals surface area contributed by atoms with Gasteiger partial charge in [-0.25, -0.2) is 0 Å². The number of hydrogen-bond donors (Lipinski definition) is 0. The number of anilines is 1. The molecule has 2 saturated carbocycles. The van der Waals surface area contributed by atoms with E-state index < -0.39 is 11.7 Å². The van der Waals surface area contributed by atoms with E-state index in [2.05, 4.69) is 46.1 Å². The zero-order valence-electron chi connectivity index (χ0n) is 15.6. The summed E-state index contributed by atoms with van der Waals surface area (Å²) in [5.74, 6) is 0.264. The molecule has 1 aromatic carbocycles. The maximum Gasteiger partial charge on any atom is 0.728 e. The van der Waals surface area contributed by atoms with E-state index in [1.165, 1.54) is 18.5 Å². The monoisotopic (exact) mass is 341 g/mol. The molecule has 0 heterocycles. The number of ether oxygens (including phenoxy) is 1. The largest absolute Gasteiger partial charge is 0.728 e. The van der Waals surface area contributed by atoms with Crippen LogP contribution in [0.25, 0.3) is 4.85 Å². The van der Waals surface area contributed by atoms with Crippen LogP contribution in [0.15, 0.2) is 30.3 Å². The molecule has 2 fully saturated rings. The van der Waals surface area contributed by atoms with Gasteiger partial charge >= 0.3 is 6.09 Å². The van der Waals surface area contributed by atoms with Crippen LogP contribution >= 0.6 is 0 Å². The SMILES string of the molecule is CC(C)(C)OC(=O)[N+]#CC1CCC(N(c2ccccc2)C2CC2)CC1. The molecule has 0 N–H and O–H groups in total. The van der Waals surface area contributed by atoms with Crippen molar-refractivity contribution in [1.82, 2.24) is 0 Å². The summed E-state index contributed by atoms with van der Waals surface area (Å²) in [6.45, 7) is 5.55. The highest BCUT2D eigenvalue weighted by molar-refractivity contribution is 5.79. The Kier molecular flexibility index (Phi) is 5.32. The van der Waals surface area contributed by atoms with Crippen molar-refractivity contribution < 1.29 is 9.53 Å². The molecule has 1 aromatic rings. The predicted octanol–water partition coefficient (Wildman–Crippen LogP) is 5.48. The molecule has 3 rings (SSSR count). The first-order valence-electron chi connectivity index (χ1n) is 9.45. The van der Waals surface area contributed by atoms with Gasteiger partial charge in [0.2, 0.25) is 0 Å². The molecule has 4 nitrogen and oxygen atoms in total. The third-order valence-corrected chi connectivity index (χ3v) is 4.82. The average Bonchev–Trinajstić information content (AvgIpc) is 3.39. The fourth-order valence-corrected chi connectivity index (χ4v) is 3.58. The number of carbonyl (C=O) groups excluding carboxylic acids is 1. The van der Waals surface area contributed by atoms with Crippen LogP contribution in [0, 0.1) is 12.0 Å². The highest BCUT2D eigenvalue weighted by atomic mass is 16.6. The van der Waals surface area contributed by atoms with Crippen molar-refractivity contribution in [1.29, 1.82) is 0 Å². The van der Waals surface area contributed by atoms with Crippen LogP contribution in [0.1, 0.15) is 59.3 Å². The van der Waals surface area contributed by atoms with Crippen LogP contribution in [0.4, 0.5) is 10.5 Å². The number of amides is 1. The van der Waals surface area contributed by atoms with E-state index in [0.717, 1.165) is 25.7 Å². The van der Waals surface area contributed by atoms with E-state index >= 15 is 0 Å². The lowest BCUT2D eigenvalue weighted by Crippen LogP contribution is -2.39. The van der Waals surface area contributed by atoms with Gasteiger partial charge in [-0.15, -0.1) is 0 Å². The summed E-state index contributed by atoms with van der Waals surface area (Å²) in [6, 6.07) is 15.1. The Balaban J connectivity index is 1.56. The second kappa shape index (κ2) is 7.47. The van der Waals surface area contributed by atoms with Gasteiger partial charge in [-0.3, -0.25) is 0 Å². The molecule has 0 aliphatic heterocycles. The molecule has 4 heteroatoms. The maximum atomic E-state index is 11.7. The van der Waals surface area contributed by atoms with Crippen molar-refractivity contribution in [3.63, 3.8) is 0 Å². The summed E-state index contributed by atoms with van der Waals surface area (Å²) in [7, 11) is 0. The summed E-state index contributed by atoms with van der Waals surface area (Å²) in [5, 5.41) is 0. The van der Waals surface area contributed by atoms with Crippen LogP contribution < -0.4 is 4.90 Å². The smallest absolute Gasteiger partial charge is 0.392 e. The number of para-hydroxylation sites is 1. The Morgan fingerprint density at radius 2 is 1.60 bits per heavy atom. The minimum atomic E-state index is -0.529. The number of rotatable bonds is 3. The zero-order chi connectivity index (χ0) is 17.9. The van der Waals surface area contributed by atoms with Crippen LogP contribution in [-0.2, 0) is 4.74 Å². The van der Waals surface area contributed by atoms with Gasteiger partial charge in [0.25, 0.3) is 6.07 Å². The minimum Gasteiger partial charge on any atom is -0.392 e. The Morgan fingerprint density at radius 3 is 2.12 bits per heavy atom. The molecule has 0 unspecified atom stereocenters. The van der Waals surface area contributed by atoms with Gasteiger partial charge in [-0.1, -0.05) is 18.2 Å². The van der Waals surface area contributed by atoms with Crippen molar-refractivity contribution in [2.24, 2.45) is 5.92 Å². The van der Waals surface area contributed by atoms with E-state index in [0.29, 0.717) is 12.1 Å². The lowest BCUT2D eigenvalue weighted by molar-refractivity contribution is 0.0664. The first kappa shape index (κ1) is 17.8. The first-order chi connectivity index (χ1) is 11.9. The highest BCUT2D eigenvalue weighted by Gasteiger charge is 2.36. The van der Waals surface area contributed by atoms with Gasteiger partial charge in [-0.05, 0) is 71.4 Å². The summed E-state index contributed by atoms with van der Waals surface area (Å²) in [6.07, 6.45) is 6.42. The van der Waals surface area contributed by atoms with Gasteiger partial charge < -0.3 is 9.64 Å². The summed E-state index contributed by atoms with van der Waals surface area (Å²) in [5.41, 5.74) is 0.847. The van der Waals surface area contributed by atoms with E-state index in [-0.39, 0.29) is 5.92 Å². The molecule has 0 spiro atoms. The number of carbonyl (C=O) groups is 1. The Labute approximate surface area is 151 Å². The topological polar surface area (TPSA) is 33.9 Å². The molecule has 1 amide bonds. The lowest BCUT2D eigenvalue weighted by atomic mass is 9.86. The second-order valence-corrected chi connectivity index (χ2v) is 8.20. The van der Waals surface area contributed by atoms with Gasteiger partial charge in [0, 0.05) is 17.8 Å². The van der Waals surface area contributed by atoms with Gasteiger partial charge in [-0.2, -0.15) is 4.79 Å². The molecule has 25 heavy (non-hydrogen) atoms. The van der Waals surface area contributed by atoms with Crippen molar-refractivity contribution in [3.8, 4) is 6.07 Å². The van der Waals surface area contributed by atoms with Gasteiger partial charge in [0.1, 0.15) is 5.60 Å².